The van der Waals surface area contributed by atoms with Crippen molar-refractivity contribution in [3.8, 4) is 5.75 Å². The predicted octanol–water partition coefficient (Wildman–Crippen LogP) is 4.20. The second-order valence-corrected chi connectivity index (χ2v) is 7.66. The molecule has 31 heavy (non-hydrogen) atoms. The Morgan fingerprint density at radius 2 is 1.55 bits per heavy atom. The summed E-state index contributed by atoms with van der Waals surface area (Å²) in [6.45, 7) is 19.0. The van der Waals surface area contributed by atoms with Crippen LogP contribution in [0.2, 0.25) is 0 Å². The lowest BCUT2D eigenvalue weighted by molar-refractivity contribution is 0.223. The van der Waals surface area contributed by atoms with Gasteiger partial charge < -0.3 is 25.2 Å². The highest BCUT2D eigenvalue weighted by atomic mass is 127. The number of ether oxygens (including phenoxy) is 1. The van der Waals surface area contributed by atoms with Crippen molar-refractivity contribution in [2.24, 2.45) is 4.99 Å². The predicted molar refractivity (Wildman–Crippen MR) is 145 cm³/mol. The van der Waals surface area contributed by atoms with Crippen molar-refractivity contribution in [1.29, 1.82) is 0 Å². The zero-order chi connectivity index (χ0) is 22.2. The Morgan fingerprint density at radius 3 is 2.10 bits per heavy atom. The molecule has 0 radical (unpaired) electrons. The number of rotatable bonds is 15. The first-order chi connectivity index (χ1) is 14.6. The Bertz CT molecular complexity index is 574. The number of likely N-dealkylation sites (N-methyl/N-ethyl adjacent to an activating group) is 1. The van der Waals surface area contributed by atoms with E-state index in [1.165, 1.54) is 12.0 Å². The molecule has 0 amide bonds. The maximum absolute atomic E-state index is 5.86. The summed E-state index contributed by atoms with van der Waals surface area (Å²) in [6.07, 6.45) is 2.33. The van der Waals surface area contributed by atoms with Gasteiger partial charge in [0.15, 0.2) is 5.96 Å². The maximum Gasteiger partial charge on any atom is 0.191 e. The summed E-state index contributed by atoms with van der Waals surface area (Å²) in [4.78, 5) is 9.20. The van der Waals surface area contributed by atoms with Gasteiger partial charge in [0.25, 0.3) is 0 Å². The molecule has 180 valence electrons. The van der Waals surface area contributed by atoms with E-state index in [2.05, 4.69) is 72.2 Å². The van der Waals surface area contributed by atoms with E-state index < -0.39 is 0 Å². The third-order valence-electron chi connectivity index (χ3n) is 5.57. The molecule has 0 heterocycles. The van der Waals surface area contributed by atoms with Crippen LogP contribution in [0.1, 0.15) is 53.0 Å². The lowest BCUT2D eigenvalue weighted by Gasteiger charge is -2.21. The van der Waals surface area contributed by atoms with E-state index >= 15 is 0 Å². The first-order valence-electron chi connectivity index (χ1n) is 11.7. The van der Waals surface area contributed by atoms with Crippen LogP contribution in [0, 0.1) is 0 Å². The van der Waals surface area contributed by atoms with E-state index in [-0.39, 0.29) is 24.0 Å². The third-order valence-corrected chi connectivity index (χ3v) is 5.57. The molecule has 0 saturated carbocycles. The van der Waals surface area contributed by atoms with Gasteiger partial charge in [-0.05, 0) is 70.2 Å². The molecule has 0 bridgehead atoms. The van der Waals surface area contributed by atoms with E-state index in [9.17, 15) is 0 Å². The van der Waals surface area contributed by atoms with Crippen LogP contribution < -0.4 is 15.4 Å². The van der Waals surface area contributed by atoms with Crippen molar-refractivity contribution in [2.45, 2.75) is 60.0 Å². The lowest BCUT2D eigenvalue weighted by atomic mass is 10.2. The standard InChI is InChI=1S/C24H45N5O.HI/c1-7-28(8-2)17-11-12-21(5)27-24(25-6)26-20-22-13-15-23(16-14-22)30-19-18-29(9-3)10-4;/h13-16,21H,7-12,17-20H2,1-6H3,(H2,25,26,27);1H. The van der Waals surface area contributed by atoms with Gasteiger partial charge in [-0.25, -0.2) is 0 Å². The molecule has 0 aromatic heterocycles. The molecular weight excluding hydrogens is 501 g/mol. The number of aliphatic imine (C=N–C) groups is 1. The van der Waals surface area contributed by atoms with Gasteiger partial charge in [0.1, 0.15) is 12.4 Å². The zero-order valence-electron chi connectivity index (χ0n) is 20.6. The fraction of sp³-hybridized carbons (Fsp3) is 0.708. The van der Waals surface area contributed by atoms with Crippen LogP contribution in [0.25, 0.3) is 0 Å². The highest BCUT2D eigenvalue weighted by Gasteiger charge is 2.07. The van der Waals surface area contributed by atoms with E-state index in [1.54, 1.807) is 0 Å². The second-order valence-electron chi connectivity index (χ2n) is 7.66. The molecule has 7 heteroatoms. The number of hydrogen-bond acceptors (Lipinski definition) is 4. The van der Waals surface area contributed by atoms with Crippen LogP contribution >= 0.6 is 24.0 Å². The molecule has 0 aliphatic rings. The average Bonchev–Trinajstić information content (AvgIpc) is 2.78. The summed E-state index contributed by atoms with van der Waals surface area (Å²) in [7, 11) is 1.82. The Balaban J connectivity index is 0.00000900. The first kappa shape index (κ1) is 29.9. The smallest absolute Gasteiger partial charge is 0.191 e. The van der Waals surface area contributed by atoms with Gasteiger partial charge >= 0.3 is 0 Å². The molecule has 0 aliphatic heterocycles. The number of guanidine groups is 1. The normalized spacial score (nSPS) is 12.6. The van der Waals surface area contributed by atoms with E-state index in [1.807, 2.05) is 19.2 Å². The molecule has 1 aromatic rings. The van der Waals surface area contributed by atoms with Crippen molar-refractivity contribution in [1.82, 2.24) is 20.4 Å². The van der Waals surface area contributed by atoms with Crippen LogP contribution in [0.3, 0.4) is 0 Å². The number of nitrogens with zero attached hydrogens (tertiary/aromatic N) is 3. The molecule has 0 spiro atoms. The van der Waals surface area contributed by atoms with Gasteiger partial charge in [0.05, 0.1) is 0 Å². The molecule has 1 unspecified atom stereocenters. The summed E-state index contributed by atoms with van der Waals surface area (Å²) in [5, 5.41) is 6.91. The van der Waals surface area contributed by atoms with Gasteiger partial charge in [0, 0.05) is 26.2 Å². The quantitative estimate of drug-likeness (QED) is 0.196. The highest BCUT2D eigenvalue weighted by Crippen LogP contribution is 2.12. The van der Waals surface area contributed by atoms with Crippen molar-refractivity contribution in [3.05, 3.63) is 29.8 Å². The Kier molecular flexibility index (Phi) is 17.9. The number of benzene rings is 1. The van der Waals surface area contributed by atoms with E-state index in [0.717, 1.165) is 70.6 Å². The van der Waals surface area contributed by atoms with Crippen molar-refractivity contribution in [3.63, 3.8) is 0 Å². The zero-order valence-corrected chi connectivity index (χ0v) is 22.9. The van der Waals surface area contributed by atoms with Crippen molar-refractivity contribution < 1.29 is 4.74 Å². The van der Waals surface area contributed by atoms with E-state index in [4.69, 9.17) is 4.74 Å². The number of nitrogens with one attached hydrogen (secondary N) is 2. The highest BCUT2D eigenvalue weighted by molar-refractivity contribution is 14.0. The van der Waals surface area contributed by atoms with Crippen LogP contribution in [-0.2, 0) is 6.54 Å². The average molecular weight is 548 g/mol. The maximum atomic E-state index is 5.86. The van der Waals surface area contributed by atoms with Crippen molar-refractivity contribution >= 4 is 29.9 Å². The molecule has 0 fully saturated rings. The molecule has 1 aromatic carbocycles. The minimum absolute atomic E-state index is 0. The monoisotopic (exact) mass is 547 g/mol. The summed E-state index contributed by atoms with van der Waals surface area (Å²) in [5.41, 5.74) is 1.21. The fourth-order valence-electron chi connectivity index (χ4n) is 3.38. The molecular formula is C24H46IN5O. The summed E-state index contributed by atoms with van der Waals surface area (Å²) < 4.78 is 5.86. The molecule has 1 atom stereocenters. The fourth-order valence-corrected chi connectivity index (χ4v) is 3.38. The molecule has 0 aliphatic carbocycles. The van der Waals surface area contributed by atoms with Crippen LogP contribution in [0.4, 0.5) is 0 Å². The topological polar surface area (TPSA) is 52.1 Å². The largest absolute Gasteiger partial charge is 0.492 e. The minimum Gasteiger partial charge on any atom is -0.492 e. The van der Waals surface area contributed by atoms with Gasteiger partial charge in [-0.2, -0.15) is 0 Å². The van der Waals surface area contributed by atoms with Gasteiger partial charge in [0.2, 0.25) is 0 Å². The molecule has 6 nitrogen and oxygen atoms in total. The van der Waals surface area contributed by atoms with Gasteiger partial charge in [-0.15, -0.1) is 24.0 Å². The van der Waals surface area contributed by atoms with Crippen LogP contribution in [-0.4, -0.2) is 74.7 Å². The number of halogens is 1. The van der Waals surface area contributed by atoms with Gasteiger partial charge in [-0.1, -0.05) is 39.8 Å². The Labute approximate surface area is 208 Å². The SMILES string of the molecule is CCN(CC)CCCC(C)NC(=NC)NCc1ccc(OCCN(CC)CC)cc1.I. The first-order valence-corrected chi connectivity index (χ1v) is 11.7. The van der Waals surface area contributed by atoms with Crippen molar-refractivity contribution in [2.75, 3.05) is 52.9 Å². The second kappa shape index (κ2) is 18.5. The molecule has 2 N–H and O–H groups in total. The van der Waals surface area contributed by atoms with Crippen LogP contribution in [0.15, 0.2) is 29.3 Å². The third kappa shape index (κ3) is 13.2. The van der Waals surface area contributed by atoms with Crippen LogP contribution in [0.5, 0.6) is 5.75 Å². The Hall–Kier alpha value is -1.06. The summed E-state index contributed by atoms with van der Waals surface area (Å²) in [6, 6.07) is 8.71. The van der Waals surface area contributed by atoms with E-state index in [0.29, 0.717) is 6.04 Å². The Morgan fingerprint density at radius 1 is 0.968 bits per heavy atom. The summed E-state index contributed by atoms with van der Waals surface area (Å²) in [5.74, 6) is 1.78. The summed E-state index contributed by atoms with van der Waals surface area (Å²) >= 11 is 0. The molecule has 0 saturated heterocycles. The van der Waals surface area contributed by atoms with Gasteiger partial charge in [-0.3, -0.25) is 4.99 Å². The molecule has 1 rings (SSSR count). The number of hydrogen-bond donors (Lipinski definition) is 2. The minimum atomic E-state index is 0. The lowest BCUT2D eigenvalue weighted by Crippen LogP contribution is -2.42.